The third-order valence-electron chi connectivity index (χ3n) is 4.65. The second kappa shape index (κ2) is 9.82. The number of H-pyrrole nitrogens is 1. The molecule has 1 atom stereocenters. The molecule has 1 amide bonds. The monoisotopic (exact) mass is 502 g/mol. The highest BCUT2D eigenvalue weighted by Gasteiger charge is 2.24. The first-order valence-corrected chi connectivity index (χ1v) is 10.6. The Labute approximate surface area is 186 Å². The Kier molecular flexibility index (Phi) is 7.40. The van der Waals surface area contributed by atoms with Crippen molar-refractivity contribution in [3.63, 3.8) is 0 Å². The van der Waals surface area contributed by atoms with E-state index in [1.807, 2.05) is 19.0 Å². The highest BCUT2D eigenvalue weighted by Crippen LogP contribution is 2.37. The molecule has 164 valence electrons. The van der Waals surface area contributed by atoms with Crippen molar-refractivity contribution in [1.82, 2.24) is 25.1 Å². The predicted molar refractivity (Wildman–Crippen MR) is 119 cm³/mol. The molecule has 0 spiro atoms. The van der Waals surface area contributed by atoms with Crippen LogP contribution in [0.4, 0.5) is 10.7 Å². The van der Waals surface area contributed by atoms with Gasteiger partial charge in [-0.15, -0.1) is 0 Å². The average Bonchev–Trinajstić information content (AvgIpc) is 2.68. The number of rotatable bonds is 7. The molecule has 1 aromatic carbocycles. The minimum atomic E-state index is -0.970. The van der Waals surface area contributed by atoms with E-state index in [9.17, 15) is 14.7 Å². The molecule has 30 heavy (non-hydrogen) atoms. The third-order valence-corrected chi connectivity index (χ3v) is 5.88. The van der Waals surface area contributed by atoms with E-state index in [2.05, 4.69) is 36.5 Å². The second-order valence-corrected chi connectivity index (χ2v) is 8.46. The summed E-state index contributed by atoms with van der Waals surface area (Å²) in [5.74, 6) is 0.574. The van der Waals surface area contributed by atoms with Crippen molar-refractivity contribution in [2.75, 3.05) is 58.7 Å². The van der Waals surface area contributed by atoms with Gasteiger partial charge in [-0.3, -0.25) is 9.78 Å². The summed E-state index contributed by atoms with van der Waals surface area (Å²) in [7, 11) is 3.91. The van der Waals surface area contributed by atoms with Gasteiger partial charge in [0.1, 0.15) is 12.0 Å². The number of hydrogen-bond donors (Lipinski definition) is 4. The zero-order valence-electron chi connectivity index (χ0n) is 16.7. The van der Waals surface area contributed by atoms with E-state index in [1.54, 1.807) is 6.07 Å². The van der Waals surface area contributed by atoms with Crippen molar-refractivity contribution in [2.24, 2.45) is 0 Å². The van der Waals surface area contributed by atoms with Crippen LogP contribution in [0.2, 0.25) is 5.02 Å². The molecule has 1 aromatic heterocycles. The molecule has 0 saturated carbocycles. The van der Waals surface area contributed by atoms with Crippen LogP contribution < -0.4 is 20.9 Å². The van der Waals surface area contributed by atoms with Crippen molar-refractivity contribution in [1.29, 1.82) is 0 Å². The number of aromatic amines is 1. The first kappa shape index (κ1) is 22.6. The lowest BCUT2D eigenvalue weighted by molar-refractivity contribution is 0.118. The normalized spacial score (nSPS) is 16.8. The van der Waals surface area contributed by atoms with Crippen molar-refractivity contribution in [3.8, 4) is 5.75 Å². The number of piperazine rings is 1. The van der Waals surface area contributed by atoms with Gasteiger partial charge in [0.2, 0.25) is 5.95 Å². The fourth-order valence-corrected chi connectivity index (χ4v) is 3.73. The summed E-state index contributed by atoms with van der Waals surface area (Å²) in [5.41, 5.74) is 0.0571. The number of carboxylic acid groups (broad SMARTS) is 1. The maximum absolute atomic E-state index is 12.8. The zero-order chi connectivity index (χ0) is 21.8. The maximum Gasteiger partial charge on any atom is 0.407 e. The standard InChI is InChI=1S/C18H24BrClN6O4/c1-25(2)5-3-22-17-23-12-7-11(19)14(20)15(13(12)16(27)24-17)30-9-10-8-26(18(28)29)6-4-21-10/h7,10,21H,3-6,8-9H2,1-2H3,(H,28,29)(H2,22,23,24,27). The number of likely N-dealkylation sites (N-methyl/N-ethyl adjacent to an activating group) is 1. The van der Waals surface area contributed by atoms with Gasteiger partial charge in [-0.05, 0) is 36.1 Å². The molecule has 0 bridgehead atoms. The third kappa shape index (κ3) is 5.34. The smallest absolute Gasteiger partial charge is 0.407 e. The molecule has 1 fully saturated rings. The summed E-state index contributed by atoms with van der Waals surface area (Å²) < 4.78 is 6.45. The Bertz CT molecular complexity index is 985. The fourth-order valence-electron chi connectivity index (χ4n) is 3.13. The quantitative estimate of drug-likeness (QED) is 0.450. The molecule has 10 nitrogen and oxygen atoms in total. The van der Waals surface area contributed by atoms with Gasteiger partial charge in [0.15, 0.2) is 5.75 Å². The molecule has 0 aliphatic carbocycles. The summed E-state index contributed by atoms with van der Waals surface area (Å²) in [6, 6.07) is 1.45. The molecule has 1 saturated heterocycles. The van der Waals surface area contributed by atoms with Crippen LogP contribution in [-0.4, -0.2) is 90.4 Å². The number of amides is 1. The number of halogens is 2. The number of carbonyl (C=O) groups is 1. The number of hydrogen-bond acceptors (Lipinski definition) is 7. The molecular weight excluding hydrogens is 480 g/mol. The first-order valence-electron chi connectivity index (χ1n) is 9.41. The molecule has 3 rings (SSSR count). The minimum absolute atomic E-state index is 0.150. The number of benzene rings is 1. The van der Waals surface area contributed by atoms with E-state index in [4.69, 9.17) is 16.3 Å². The largest absolute Gasteiger partial charge is 0.489 e. The number of nitrogens with zero attached hydrogens (tertiary/aromatic N) is 3. The van der Waals surface area contributed by atoms with E-state index >= 15 is 0 Å². The highest BCUT2D eigenvalue weighted by molar-refractivity contribution is 9.10. The van der Waals surface area contributed by atoms with E-state index in [0.29, 0.717) is 35.6 Å². The summed E-state index contributed by atoms with van der Waals surface area (Å²) in [5, 5.41) is 16.0. The molecule has 1 unspecified atom stereocenters. The van der Waals surface area contributed by atoms with Crippen LogP contribution in [0, 0.1) is 0 Å². The van der Waals surface area contributed by atoms with Crippen molar-refractivity contribution >= 4 is 50.5 Å². The second-order valence-electron chi connectivity index (χ2n) is 7.23. The number of aromatic nitrogens is 2. The topological polar surface area (TPSA) is 123 Å². The molecule has 1 aliphatic rings. The SMILES string of the molecule is CN(C)CCNc1nc2cc(Br)c(Cl)c(OCC3CN(C(=O)O)CCN3)c2c(=O)[nH]1. The van der Waals surface area contributed by atoms with E-state index in [1.165, 1.54) is 4.90 Å². The van der Waals surface area contributed by atoms with E-state index < -0.39 is 6.09 Å². The Morgan fingerprint density at radius 1 is 1.53 bits per heavy atom. The van der Waals surface area contributed by atoms with Gasteiger partial charge >= 0.3 is 6.09 Å². The summed E-state index contributed by atoms with van der Waals surface area (Å²) in [6.07, 6.45) is -0.970. The Balaban J connectivity index is 1.84. The van der Waals surface area contributed by atoms with Gasteiger partial charge in [0, 0.05) is 37.2 Å². The average molecular weight is 504 g/mol. The molecule has 0 radical (unpaired) electrons. The molecule has 1 aliphatic heterocycles. The first-order chi connectivity index (χ1) is 14.3. The lowest BCUT2D eigenvalue weighted by Crippen LogP contribution is -2.54. The summed E-state index contributed by atoms with van der Waals surface area (Å²) >= 11 is 9.79. The van der Waals surface area contributed by atoms with Gasteiger partial charge in [-0.2, -0.15) is 0 Å². The Hall–Kier alpha value is -2.08. The van der Waals surface area contributed by atoms with E-state index in [-0.39, 0.29) is 40.9 Å². The number of anilines is 1. The minimum Gasteiger partial charge on any atom is -0.489 e. The van der Waals surface area contributed by atoms with Crippen LogP contribution in [0.1, 0.15) is 0 Å². The zero-order valence-corrected chi connectivity index (χ0v) is 19.0. The number of ether oxygens (including phenoxy) is 1. The van der Waals surface area contributed by atoms with Gasteiger partial charge in [0.25, 0.3) is 5.56 Å². The molecule has 2 heterocycles. The highest BCUT2D eigenvalue weighted by atomic mass is 79.9. The van der Waals surface area contributed by atoms with Gasteiger partial charge < -0.3 is 30.3 Å². The van der Waals surface area contributed by atoms with Crippen LogP contribution in [0.15, 0.2) is 15.3 Å². The van der Waals surface area contributed by atoms with Crippen molar-refractivity contribution in [2.45, 2.75) is 6.04 Å². The van der Waals surface area contributed by atoms with Gasteiger partial charge in [0.05, 0.1) is 16.6 Å². The molecule has 4 N–H and O–H groups in total. The number of nitrogens with one attached hydrogen (secondary N) is 3. The fraction of sp³-hybridized carbons (Fsp3) is 0.500. The van der Waals surface area contributed by atoms with Crippen LogP contribution in [0.5, 0.6) is 5.75 Å². The number of fused-ring (bicyclic) bond motifs is 1. The summed E-state index contributed by atoms with van der Waals surface area (Å²) in [6.45, 7) is 2.77. The maximum atomic E-state index is 12.8. The van der Waals surface area contributed by atoms with E-state index in [0.717, 1.165) is 6.54 Å². The molecule has 12 heteroatoms. The Morgan fingerprint density at radius 3 is 3.00 bits per heavy atom. The predicted octanol–water partition coefficient (Wildman–Crippen LogP) is 1.64. The Morgan fingerprint density at radius 2 is 2.30 bits per heavy atom. The van der Waals surface area contributed by atoms with Crippen LogP contribution >= 0.6 is 27.5 Å². The van der Waals surface area contributed by atoms with Crippen molar-refractivity contribution in [3.05, 3.63) is 25.9 Å². The van der Waals surface area contributed by atoms with Crippen LogP contribution in [-0.2, 0) is 0 Å². The van der Waals surface area contributed by atoms with Crippen LogP contribution in [0.3, 0.4) is 0 Å². The van der Waals surface area contributed by atoms with Gasteiger partial charge in [-0.25, -0.2) is 9.78 Å². The lowest BCUT2D eigenvalue weighted by atomic mass is 10.2. The van der Waals surface area contributed by atoms with Gasteiger partial charge in [-0.1, -0.05) is 11.6 Å². The summed E-state index contributed by atoms with van der Waals surface area (Å²) in [4.78, 5) is 34.5. The van der Waals surface area contributed by atoms with Crippen molar-refractivity contribution < 1.29 is 14.6 Å². The molecular formula is C18H24BrClN6O4. The molecule has 2 aromatic rings. The lowest BCUT2D eigenvalue weighted by Gasteiger charge is -2.31. The van der Waals surface area contributed by atoms with Crippen LogP contribution in [0.25, 0.3) is 10.9 Å².